The van der Waals surface area contributed by atoms with Gasteiger partial charge >= 0.3 is 0 Å². The van der Waals surface area contributed by atoms with Crippen LogP contribution in [0.2, 0.25) is 5.02 Å². The van der Waals surface area contributed by atoms with E-state index < -0.39 is 5.82 Å². The van der Waals surface area contributed by atoms with Crippen LogP contribution in [-0.2, 0) is 4.79 Å². The number of amides is 1. The normalized spacial score (nSPS) is 16.2. The lowest BCUT2D eigenvalue weighted by atomic mass is 10.1. The van der Waals surface area contributed by atoms with Crippen molar-refractivity contribution in [1.82, 2.24) is 10.6 Å². The van der Waals surface area contributed by atoms with Gasteiger partial charge in [0, 0.05) is 25.0 Å². The van der Waals surface area contributed by atoms with Crippen LogP contribution in [0.3, 0.4) is 0 Å². The van der Waals surface area contributed by atoms with Gasteiger partial charge < -0.3 is 10.6 Å². The second-order valence-electron chi connectivity index (χ2n) is 4.91. The molecular formula is C14H18ClFN2O. The van der Waals surface area contributed by atoms with Gasteiger partial charge in [-0.3, -0.25) is 4.79 Å². The molecule has 0 aliphatic heterocycles. The molecule has 104 valence electrons. The molecule has 0 bridgehead atoms. The zero-order valence-electron chi connectivity index (χ0n) is 10.9. The van der Waals surface area contributed by atoms with E-state index in [1.165, 1.54) is 6.07 Å². The third kappa shape index (κ3) is 4.18. The van der Waals surface area contributed by atoms with Gasteiger partial charge in [0.05, 0.1) is 5.02 Å². The van der Waals surface area contributed by atoms with Crippen molar-refractivity contribution in [3.05, 3.63) is 34.6 Å². The van der Waals surface area contributed by atoms with Gasteiger partial charge in [-0.05, 0) is 37.5 Å². The third-order valence-electron chi connectivity index (χ3n) is 3.27. The quantitative estimate of drug-likeness (QED) is 0.789. The lowest BCUT2D eigenvalue weighted by Crippen LogP contribution is -2.33. The Morgan fingerprint density at radius 2 is 2.21 bits per heavy atom. The minimum absolute atomic E-state index is 0.0181. The molecule has 0 spiro atoms. The monoisotopic (exact) mass is 284 g/mol. The smallest absolute Gasteiger partial charge is 0.223 e. The number of benzene rings is 1. The SMILES string of the molecule is CC(NCCNC(=O)C1CC1)c1ccc(Cl)c(F)c1. The predicted octanol–water partition coefficient (Wildman–Crippen LogP) is 2.66. The van der Waals surface area contributed by atoms with Crippen molar-refractivity contribution in [1.29, 1.82) is 0 Å². The van der Waals surface area contributed by atoms with Crippen molar-refractivity contribution in [3.63, 3.8) is 0 Å². The zero-order valence-corrected chi connectivity index (χ0v) is 11.6. The Morgan fingerprint density at radius 3 is 2.84 bits per heavy atom. The molecule has 3 nitrogen and oxygen atoms in total. The van der Waals surface area contributed by atoms with Crippen molar-refractivity contribution in [2.75, 3.05) is 13.1 Å². The van der Waals surface area contributed by atoms with Crippen LogP contribution in [0.25, 0.3) is 0 Å². The molecule has 1 amide bonds. The number of carbonyl (C=O) groups is 1. The van der Waals surface area contributed by atoms with Crippen molar-refractivity contribution < 1.29 is 9.18 Å². The fraction of sp³-hybridized carbons (Fsp3) is 0.500. The molecule has 1 saturated carbocycles. The van der Waals surface area contributed by atoms with Gasteiger partial charge in [-0.2, -0.15) is 0 Å². The zero-order chi connectivity index (χ0) is 13.8. The molecule has 5 heteroatoms. The van der Waals surface area contributed by atoms with Crippen LogP contribution in [0.1, 0.15) is 31.4 Å². The maximum atomic E-state index is 13.3. The summed E-state index contributed by atoms with van der Waals surface area (Å²) in [6.45, 7) is 3.20. The Balaban J connectivity index is 1.72. The number of hydrogen-bond acceptors (Lipinski definition) is 2. The molecular weight excluding hydrogens is 267 g/mol. The van der Waals surface area contributed by atoms with Crippen molar-refractivity contribution in [2.45, 2.75) is 25.8 Å². The average Bonchev–Trinajstić information content (AvgIpc) is 3.21. The lowest BCUT2D eigenvalue weighted by Gasteiger charge is -2.15. The van der Waals surface area contributed by atoms with Gasteiger partial charge in [-0.15, -0.1) is 0 Å². The molecule has 1 aliphatic carbocycles. The molecule has 1 atom stereocenters. The second-order valence-corrected chi connectivity index (χ2v) is 5.32. The molecule has 19 heavy (non-hydrogen) atoms. The summed E-state index contributed by atoms with van der Waals surface area (Å²) >= 11 is 5.64. The maximum Gasteiger partial charge on any atom is 0.223 e. The van der Waals surface area contributed by atoms with E-state index in [0.717, 1.165) is 18.4 Å². The van der Waals surface area contributed by atoms with Crippen LogP contribution in [0, 0.1) is 11.7 Å². The van der Waals surface area contributed by atoms with Gasteiger partial charge in [-0.25, -0.2) is 4.39 Å². The first kappa shape index (κ1) is 14.3. The van der Waals surface area contributed by atoms with Crippen molar-refractivity contribution in [3.8, 4) is 0 Å². The van der Waals surface area contributed by atoms with E-state index in [1.807, 2.05) is 6.92 Å². The summed E-state index contributed by atoms with van der Waals surface area (Å²) < 4.78 is 13.3. The summed E-state index contributed by atoms with van der Waals surface area (Å²) in [6.07, 6.45) is 2.03. The van der Waals surface area contributed by atoms with E-state index in [2.05, 4.69) is 10.6 Å². The van der Waals surface area contributed by atoms with Gasteiger partial charge in [-0.1, -0.05) is 17.7 Å². The first-order valence-corrected chi connectivity index (χ1v) is 6.92. The fourth-order valence-corrected chi connectivity index (χ4v) is 1.98. The number of carbonyl (C=O) groups excluding carboxylic acids is 1. The highest BCUT2D eigenvalue weighted by atomic mass is 35.5. The summed E-state index contributed by atoms with van der Waals surface area (Å²) in [7, 11) is 0. The minimum atomic E-state index is -0.408. The molecule has 1 aromatic rings. The summed E-state index contributed by atoms with van der Waals surface area (Å²) in [5, 5.41) is 6.24. The van der Waals surface area contributed by atoms with Crippen LogP contribution in [-0.4, -0.2) is 19.0 Å². The Morgan fingerprint density at radius 1 is 1.47 bits per heavy atom. The topological polar surface area (TPSA) is 41.1 Å². The van der Waals surface area contributed by atoms with E-state index in [9.17, 15) is 9.18 Å². The van der Waals surface area contributed by atoms with Gasteiger partial charge in [0.1, 0.15) is 5.82 Å². The first-order chi connectivity index (χ1) is 9.08. The van der Waals surface area contributed by atoms with Crippen molar-refractivity contribution >= 4 is 17.5 Å². The largest absolute Gasteiger partial charge is 0.355 e. The van der Waals surface area contributed by atoms with Crippen LogP contribution >= 0.6 is 11.6 Å². The Labute approximate surface area is 117 Å². The molecule has 0 heterocycles. The van der Waals surface area contributed by atoms with Crippen LogP contribution < -0.4 is 10.6 Å². The molecule has 1 unspecified atom stereocenters. The molecule has 1 fully saturated rings. The highest BCUT2D eigenvalue weighted by Gasteiger charge is 2.28. The van der Waals surface area contributed by atoms with E-state index in [-0.39, 0.29) is 22.9 Å². The number of hydrogen-bond donors (Lipinski definition) is 2. The van der Waals surface area contributed by atoms with E-state index in [1.54, 1.807) is 12.1 Å². The van der Waals surface area contributed by atoms with Gasteiger partial charge in [0.15, 0.2) is 0 Å². The summed E-state index contributed by atoms with van der Waals surface area (Å²) in [6, 6.07) is 4.80. The van der Waals surface area contributed by atoms with Crippen LogP contribution in [0.5, 0.6) is 0 Å². The van der Waals surface area contributed by atoms with Crippen LogP contribution in [0.15, 0.2) is 18.2 Å². The third-order valence-corrected chi connectivity index (χ3v) is 3.57. The summed E-state index contributed by atoms with van der Waals surface area (Å²) in [4.78, 5) is 11.4. The van der Waals surface area contributed by atoms with E-state index in [4.69, 9.17) is 11.6 Å². The fourth-order valence-electron chi connectivity index (χ4n) is 1.86. The highest BCUT2D eigenvalue weighted by Crippen LogP contribution is 2.28. The Hall–Kier alpha value is -1.13. The van der Waals surface area contributed by atoms with Gasteiger partial charge in [0.2, 0.25) is 5.91 Å². The molecule has 1 aromatic carbocycles. The first-order valence-electron chi connectivity index (χ1n) is 6.54. The number of rotatable bonds is 6. The predicted molar refractivity (Wildman–Crippen MR) is 73.6 cm³/mol. The minimum Gasteiger partial charge on any atom is -0.355 e. The lowest BCUT2D eigenvalue weighted by molar-refractivity contribution is -0.122. The average molecular weight is 285 g/mol. The van der Waals surface area contributed by atoms with Gasteiger partial charge in [0.25, 0.3) is 0 Å². The molecule has 0 radical (unpaired) electrons. The maximum absolute atomic E-state index is 13.3. The van der Waals surface area contributed by atoms with E-state index in [0.29, 0.717) is 13.1 Å². The summed E-state index contributed by atoms with van der Waals surface area (Å²) in [5.41, 5.74) is 0.843. The highest BCUT2D eigenvalue weighted by molar-refractivity contribution is 6.30. The number of halogens is 2. The Kier molecular flexibility index (Phi) is 4.77. The molecule has 2 rings (SSSR count). The molecule has 1 aliphatic rings. The molecule has 2 N–H and O–H groups in total. The Bertz CT molecular complexity index is 463. The number of nitrogens with one attached hydrogen (secondary N) is 2. The van der Waals surface area contributed by atoms with Crippen molar-refractivity contribution in [2.24, 2.45) is 5.92 Å². The molecule has 0 aromatic heterocycles. The molecule has 0 saturated heterocycles. The standard InChI is InChI=1S/C14H18ClFN2O/c1-9(11-4-5-12(15)13(16)8-11)17-6-7-18-14(19)10-2-3-10/h4-5,8-10,17H,2-3,6-7H2,1H3,(H,18,19). The summed E-state index contributed by atoms with van der Waals surface area (Å²) in [5.74, 6) is -0.0235. The van der Waals surface area contributed by atoms with Crippen LogP contribution in [0.4, 0.5) is 4.39 Å². The second kappa shape index (κ2) is 6.35. The van der Waals surface area contributed by atoms with E-state index >= 15 is 0 Å².